The summed E-state index contributed by atoms with van der Waals surface area (Å²) in [5, 5.41) is 9.10. The number of aromatic hydroxyl groups is 1. The highest BCUT2D eigenvalue weighted by molar-refractivity contribution is 7.80. The molecular formula is C7H9NO2S. The predicted molar refractivity (Wildman–Crippen MR) is 45.4 cm³/mol. The number of aromatic nitrogens is 1. The van der Waals surface area contributed by atoms with Crippen molar-refractivity contribution in [1.29, 1.82) is 0 Å². The zero-order chi connectivity index (χ0) is 8.43. The lowest BCUT2D eigenvalue weighted by Gasteiger charge is -2.01. The molecule has 0 aliphatic carbocycles. The van der Waals surface area contributed by atoms with E-state index in [0.717, 1.165) is 12.0 Å². The van der Waals surface area contributed by atoms with Gasteiger partial charge in [0.15, 0.2) is 5.75 Å². The summed E-state index contributed by atoms with van der Waals surface area (Å²) in [4.78, 5) is 13.5. The zero-order valence-electron chi connectivity index (χ0n) is 6.09. The molecule has 0 amide bonds. The minimum absolute atomic E-state index is 0.298. The molecule has 0 spiro atoms. The molecule has 1 heterocycles. The van der Waals surface area contributed by atoms with E-state index in [1.165, 1.54) is 0 Å². The molecule has 3 nitrogen and oxygen atoms in total. The normalized spacial score (nSPS) is 10.0. The van der Waals surface area contributed by atoms with Crippen molar-refractivity contribution in [2.24, 2.45) is 0 Å². The number of rotatable bonds is 1. The van der Waals surface area contributed by atoms with Gasteiger partial charge in [-0.15, -0.1) is 12.6 Å². The van der Waals surface area contributed by atoms with Gasteiger partial charge in [-0.2, -0.15) is 0 Å². The third-order valence-electron chi connectivity index (χ3n) is 1.50. The van der Waals surface area contributed by atoms with Crippen molar-refractivity contribution >= 4 is 12.6 Å². The Kier molecular flexibility index (Phi) is 2.24. The fourth-order valence-electron chi connectivity index (χ4n) is 0.819. The van der Waals surface area contributed by atoms with E-state index in [0.29, 0.717) is 4.90 Å². The first kappa shape index (κ1) is 8.20. The Hall–Kier alpha value is -0.900. The van der Waals surface area contributed by atoms with Crippen molar-refractivity contribution in [2.45, 2.75) is 18.2 Å². The summed E-state index contributed by atoms with van der Waals surface area (Å²) in [5.41, 5.74) is 0.345. The number of aromatic amines is 1. The van der Waals surface area contributed by atoms with Crippen LogP contribution >= 0.6 is 12.6 Å². The van der Waals surface area contributed by atoms with E-state index in [1.807, 2.05) is 6.92 Å². The van der Waals surface area contributed by atoms with Gasteiger partial charge in [-0.05, 0) is 12.0 Å². The molecule has 0 bridgehead atoms. The summed E-state index contributed by atoms with van der Waals surface area (Å²) in [6.45, 7) is 1.92. The van der Waals surface area contributed by atoms with Crippen LogP contribution in [0.3, 0.4) is 0 Å². The van der Waals surface area contributed by atoms with Crippen molar-refractivity contribution < 1.29 is 5.11 Å². The monoisotopic (exact) mass is 171 g/mol. The Morgan fingerprint density at radius 1 is 1.73 bits per heavy atom. The van der Waals surface area contributed by atoms with Crippen LogP contribution < -0.4 is 5.56 Å². The summed E-state index contributed by atoms with van der Waals surface area (Å²) in [6, 6.07) is 0. The molecule has 0 aromatic carbocycles. The van der Waals surface area contributed by atoms with Crippen LogP contribution in [0, 0.1) is 0 Å². The van der Waals surface area contributed by atoms with Gasteiger partial charge in [0.2, 0.25) is 0 Å². The molecular weight excluding hydrogens is 162 g/mol. The molecule has 1 aromatic rings. The third-order valence-corrected chi connectivity index (χ3v) is 2.00. The summed E-state index contributed by atoms with van der Waals surface area (Å²) in [6.07, 6.45) is 2.30. The number of pyridine rings is 1. The lowest BCUT2D eigenvalue weighted by molar-refractivity contribution is 0.452. The smallest absolute Gasteiger partial charge is 0.291 e. The van der Waals surface area contributed by atoms with Gasteiger partial charge in [0, 0.05) is 6.20 Å². The largest absolute Gasteiger partial charge is 0.502 e. The Morgan fingerprint density at radius 3 is 2.91 bits per heavy atom. The molecule has 0 radical (unpaired) electrons. The van der Waals surface area contributed by atoms with E-state index in [4.69, 9.17) is 5.11 Å². The van der Waals surface area contributed by atoms with E-state index in [-0.39, 0.29) is 5.75 Å². The van der Waals surface area contributed by atoms with Gasteiger partial charge in [0.25, 0.3) is 5.56 Å². The summed E-state index contributed by atoms with van der Waals surface area (Å²) < 4.78 is 0. The van der Waals surface area contributed by atoms with Crippen LogP contribution in [0.2, 0.25) is 0 Å². The highest BCUT2D eigenvalue weighted by atomic mass is 32.1. The molecule has 0 aliphatic heterocycles. The standard InChI is InChI=1S/C7H9NO2S/c1-2-4-3-8-7(10)5(9)6(4)11/h3,9H,2H2,1H3,(H2,8,10,11). The van der Waals surface area contributed by atoms with Crippen LogP contribution in [-0.4, -0.2) is 10.1 Å². The number of hydrogen-bond acceptors (Lipinski definition) is 3. The fraction of sp³-hybridized carbons (Fsp3) is 0.286. The number of nitrogens with one attached hydrogen (secondary N) is 1. The molecule has 2 N–H and O–H groups in total. The van der Waals surface area contributed by atoms with Crippen molar-refractivity contribution in [3.63, 3.8) is 0 Å². The average molecular weight is 171 g/mol. The van der Waals surface area contributed by atoms with Crippen LogP contribution in [0.1, 0.15) is 12.5 Å². The first-order valence-corrected chi connectivity index (χ1v) is 3.74. The van der Waals surface area contributed by atoms with E-state index in [1.54, 1.807) is 6.20 Å². The Balaban J connectivity index is 3.37. The average Bonchev–Trinajstić information content (AvgIpc) is 2.01. The number of hydrogen-bond donors (Lipinski definition) is 3. The molecule has 0 aliphatic rings. The SMILES string of the molecule is CCc1c[nH]c(=O)c(O)c1S. The van der Waals surface area contributed by atoms with Gasteiger partial charge < -0.3 is 10.1 Å². The van der Waals surface area contributed by atoms with E-state index >= 15 is 0 Å². The summed E-state index contributed by atoms with van der Waals surface area (Å²) in [5.74, 6) is -0.298. The molecule has 1 aromatic heterocycles. The second-order valence-corrected chi connectivity index (χ2v) is 2.64. The van der Waals surface area contributed by atoms with Gasteiger partial charge in [0.1, 0.15) is 0 Å². The van der Waals surface area contributed by atoms with Crippen molar-refractivity contribution in [1.82, 2.24) is 4.98 Å². The van der Waals surface area contributed by atoms with Crippen LogP contribution in [0.5, 0.6) is 5.75 Å². The number of thiol groups is 1. The van der Waals surface area contributed by atoms with E-state index in [9.17, 15) is 4.79 Å². The lowest BCUT2D eigenvalue weighted by Crippen LogP contribution is -2.06. The molecule has 11 heavy (non-hydrogen) atoms. The van der Waals surface area contributed by atoms with Crippen LogP contribution in [0.4, 0.5) is 0 Å². The first-order valence-electron chi connectivity index (χ1n) is 3.29. The summed E-state index contributed by atoms with van der Waals surface area (Å²) >= 11 is 3.99. The third kappa shape index (κ3) is 1.40. The maximum atomic E-state index is 10.8. The van der Waals surface area contributed by atoms with Gasteiger partial charge in [-0.1, -0.05) is 6.92 Å². The van der Waals surface area contributed by atoms with Crippen molar-refractivity contribution in [3.8, 4) is 5.75 Å². The van der Waals surface area contributed by atoms with Gasteiger partial charge >= 0.3 is 0 Å². The molecule has 60 valence electrons. The van der Waals surface area contributed by atoms with Gasteiger partial charge in [-0.25, -0.2) is 0 Å². The van der Waals surface area contributed by atoms with Gasteiger partial charge in [-0.3, -0.25) is 4.79 Å². The zero-order valence-corrected chi connectivity index (χ0v) is 6.98. The van der Waals surface area contributed by atoms with Crippen LogP contribution in [0.25, 0.3) is 0 Å². The Labute approximate surface area is 69.5 Å². The van der Waals surface area contributed by atoms with Crippen molar-refractivity contribution in [2.75, 3.05) is 0 Å². The topological polar surface area (TPSA) is 53.1 Å². The molecule has 1 rings (SSSR count). The second-order valence-electron chi connectivity index (χ2n) is 2.19. The Bertz CT molecular complexity index is 319. The van der Waals surface area contributed by atoms with E-state index < -0.39 is 5.56 Å². The highest BCUT2D eigenvalue weighted by Gasteiger charge is 2.05. The maximum absolute atomic E-state index is 10.8. The fourth-order valence-corrected chi connectivity index (χ4v) is 1.14. The molecule has 0 atom stereocenters. The molecule has 0 saturated heterocycles. The van der Waals surface area contributed by atoms with Crippen molar-refractivity contribution in [3.05, 3.63) is 22.1 Å². The lowest BCUT2D eigenvalue weighted by atomic mass is 10.2. The molecule has 0 unspecified atom stereocenters. The number of H-pyrrole nitrogens is 1. The quantitative estimate of drug-likeness (QED) is 0.551. The minimum atomic E-state index is -0.493. The number of aryl methyl sites for hydroxylation is 1. The van der Waals surface area contributed by atoms with Crippen LogP contribution in [0.15, 0.2) is 15.9 Å². The first-order chi connectivity index (χ1) is 5.16. The van der Waals surface area contributed by atoms with Crippen LogP contribution in [-0.2, 0) is 6.42 Å². The molecule has 4 heteroatoms. The van der Waals surface area contributed by atoms with Gasteiger partial charge in [0.05, 0.1) is 4.90 Å². The molecule has 0 fully saturated rings. The second kappa shape index (κ2) is 3.00. The Morgan fingerprint density at radius 2 is 2.36 bits per heavy atom. The van der Waals surface area contributed by atoms with E-state index in [2.05, 4.69) is 17.6 Å². The minimum Gasteiger partial charge on any atom is -0.502 e. The highest BCUT2D eigenvalue weighted by Crippen LogP contribution is 2.19. The maximum Gasteiger partial charge on any atom is 0.291 e. The summed E-state index contributed by atoms with van der Waals surface area (Å²) in [7, 11) is 0. The molecule has 0 saturated carbocycles. The predicted octanol–water partition coefficient (Wildman–Crippen LogP) is 0.932.